The Morgan fingerprint density at radius 2 is 1.41 bits per heavy atom. The second kappa shape index (κ2) is 7.79. The molecule has 0 amide bonds. The van der Waals surface area contributed by atoms with E-state index in [1.54, 1.807) is 0 Å². The molecule has 2 nitrogen and oxygen atoms in total. The third kappa shape index (κ3) is 4.90. The molecule has 0 radical (unpaired) electrons. The molecule has 3 aromatic rings. The van der Waals surface area contributed by atoms with Crippen molar-refractivity contribution in [1.29, 1.82) is 5.26 Å². The molecule has 9 heteroatoms. The van der Waals surface area contributed by atoms with Crippen LogP contribution in [0.25, 0.3) is 11.3 Å². The lowest BCUT2D eigenvalue weighted by atomic mass is 10.1. The van der Waals surface area contributed by atoms with Crippen LogP contribution in [-0.4, -0.2) is 4.98 Å². The first kappa shape index (κ1) is 20.7. The van der Waals surface area contributed by atoms with Crippen molar-refractivity contribution in [2.24, 2.45) is 0 Å². The van der Waals surface area contributed by atoms with Crippen molar-refractivity contribution in [3.63, 3.8) is 0 Å². The standard InChI is InChI=1S/C20H10F6N2S/c21-19(22,23)14-4-1-3-12(9-14)17-8-7-13(11-27)18(28-17)29-16-6-2-5-15(10-16)20(24,25)26/h1-10H. The number of rotatable bonds is 3. The minimum absolute atomic E-state index is 0.0988. The van der Waals surface area contributed by atoms with Gasteiger partial charge in [-0.15, -0.1) is 0 Å². The van der Waals surface area contributed by atoms with E-state index in [1.165, 1.54) is 36.4 Å². The second-order valence-electron chi connectivity index (χ2n) is 5.87. The van der Waals surface area contributed by atoms with Crippen LogP contribution in [0.3, 0.4) is 0 Å². The Morgan fingerprint density at radius 1 is 0.793 bits per heavy atom. The second-order valence-corrected chi connectivity index (χ2v) is 6.93. The van der Waals surface area contributed by atoms with Crippen LogP contribution in [-0.2, 0) is 12.4 Å². The van der Waals surface area contributed by atoms with E-state index in [9.17, 15) is 31.6 Å². The van der Waals surface area contributed by atoms with E-state index in [1.807, 2.05) is 6.07 Å². The highest BCUT2D eigenvalue weighted by Crippen LogP contribution is 2.36. The van der Waals surface area contributed by atoms with Gasteiger partial charge in [0.2, 0.25) is 0 Å². The van der Waals surface area contributed by atoms with E-state index in [4.69, 9.17) is 0 Å². The molecule has 0 bridgehead atoms. The summed E-state index contributed by atoms with van der Waals surface area (Å²) in [7, 11) is 0. The van der Waals surface area contributed by atoms with Crippen molar-refractivity contribution in [2.45, 2.75) is 22.3 Å². The van der Waals surface area contributed by atoms with Gasteiger partial charge in [0, 0.05) is 10.5 Å². The Labute approximate surface area is 165 Å². The number of nitriles is 1. The van der Waals surface area contributed by atoms with Crippen LogP contribution >= 0.6 is 11.8 Å². The van der Waals surface area contributed by atoms with Crippen molar-refractivity contribution in [2.75, 3.05) is 0 Å². The quantitative estimate of drug-likeness (QED) is 0.434. The molecule has 0 saturated heterocycles. The number of benzene rings is 2. The van der Waals surface area contributed by atoms with Crippen LogP contribution in [0.15, 0.2) is 70.6 Å². The maximum Gasteiger partial charge on any atom is 0.416 e. The molecule has 0 unspecified atom stereocenters. The van der Waals surface area contributed by atoms with Gasteiger partial charge in [0.15, 0.2) is 0 Å². The molecule has 1 heterocycles. The SMILES string of the molecule is N#Cc1ccc(-c2cccc(C(F)(F)F)c2)nc1Sc1cccc(C(F)(F)F)c1. The van der Waals surface area contributed by atoms with Crippen LogP contribution in [0.5, 0.6) is 0 Å². The molecule has 0 N–H and O–H groups in total. The molecule has 0 aliphatic heterocycles. The molecule has 0 spiro atoms. The largest absolute Gasteiger partial charge is 0.416 e. The van der Waals surface area contributed by atoms with Crippen LogP contribution in [0, 0.1) is 11.3 Å². The Morgan fingerprint density at radius 3 is 2.03 bits per heavy atom. The highest BCUT2D eigenvalue weighted by Gasteiger charge is 2.31. The van der Waals surface area contributed by atoms with Gasteiger partial charge in [-0.3, -0.25) is 0 Å². The molecule has 29 heavy (non-hydrogen) atoms. The van der Waals surface area contributed by atoms with Gasteiger partial charge < -0.3 is 0 Å². The minimum atomic E-state index is -4.53. The number of alkyl halides is 6. The highest BCUT2D eigenvalue weighted by atomic mass is 32.2. The Balaban J connectivity index is 2.00. The Kier molecular flexibility index (Phi) is 5.57. The fraction of sp³-hybridized carbons (Fsp3) is 0.100. The van der Waals surface area contributed by atoms with Crippen molar-refractivity contribution in [1.82, 2.24) is 4.98 Å². The molecule has 0 saturated carbocycles. The van der Waals surface area contributed by atoms with Gasteiger partial charge in [-0.25, -0.2) is 4.98 Å². The number of hydrogen-bond acceptors (Lipinski definition) is 3. The first-order valence-corrected chi connectivity index (χ1v) is 8.83. The van der Waals surface area contributed by atoms with Crippen LogP contribution < -0.4 is 0 Å². The van der Waals surface area contributed by atoms with Crippen LogP contribution in [0.2, 0.25) is 0 Å². The minimum Gasteiger partial charge on any atom is -0.240 e. The summed E-state index contributed by atoms with van der Waals surface area (Å²) in [5.74, 6) is 0. The maximum absolute atomic E-state index is 12.9. The fourth-order valence-corrected chi connectivity index (χ4v) is 3.39. The predicted octanol–water partition coefficient (Wildman–Crippen LogP) is 6.81. The van der Waals surface area contributed by atoms with E-state index in [2.05, 4.69) is 4.98 Å². The zero-order chi connectivity index (χ0) is 21.2. The normalized spacial score (nSPS) is 11.9. The molecule has 0 atom stereocenters. The summed E-state index contributed by atoms with van der Waals surface area (Å²) in [5.41, 5.74) is -1.26. The topological polar surface area (TPSA) is 36.7 Å². The van der Waals surface area contributed by atoms with Gasteiger partial charge in [-0.1, -0.05) is 30.0 Å². The van der Waals surface area contributed by atoms with Crippen molar-refractivity contribution < 1.29 is 26.3 Å². The third-order valence-corrected chi connectivity index (χ3v) is 4.84. The summed E-state index contributed by atoms with van der Waals surface area (Å²) in [6, 6.07) is 13.7. The lowest BCUT2D eigenvalue weighted by molar-refractivity contribution is -0.138. The number of pyridine rings is 1. The number of aromatic nitrogens is 1. The zero-order valence-corrected chi connectivity index (χ0v) is 15.2. The molecule has 2 aromatic carbocycles. The molecular weight excluding hydrogens is 414 g/mol. The first-order chi connectivity index (χ1) is 13.6. The average Bonchev–Trinajstić information content (AvgIpc) is 2.67. The van der Waals surface area contributed by atoms with E-state index in [0.29, 0.717) is 0 Å². The molecular formula is C20H10F6N2S. The number of halogens is 6. The highest BCUT2D eigenvalue weighted by molar-refractivity contribution is 7.99. The van der Waals surface area contributed by atoms with Gasteiger partial charge in [-0.05, 0) is 42.5 Å². The molecule has 0 aliphatic carbocycles. The van der Waals surface area contributed by atoms with Crippen molar-refractivity contribution in [3.05, 3.63) is 77.4 Å². The van der Waals surface area contributed by atoms with Crippen molar-refractivity contribution >= 4 is 11.8 Å². The van der Waals surface area contributed by atoms with Gasteiger partial charge in [0.1, 0.15) is 11.1 Å². The first-order valence-electron chi connectivity index (χ1n) is 8.02. The number of hydrogen-bond donors (Lipinski definition) is 0. The average molecular weight is 424 g/mol. The molecule has 148 valence electrons. The third-order valence-electron chi connectivity index (χ3n) is 3.84. The van der Waals surface area contributed by atoms with E-state index >= 15 is 0 Å². The lowest BCUT2D eigenvalue weighted by Gasteiger charge is -2.11. The molecule has 0 aliphatic rings. The monoisotopic (exact) mass is 424 g/mol. The summed E-state index contributed by atoms with van der Waals surface area (Å²) in [4.78, 5) is 4.42. The van der Waals surface area contributed by atoms with Gasteiger partial charge in [0.25, 0.3) is 0 Å². The molecule has 3 rings (SSSR count). The van der Waals surface area contributed by atoms with Crippen molar-refractivity contribution in [3.8, 4) is 17.3 Å². The molecule has 0 fully saturated rings. The fourth-order valence-electron chi connectivity index (χ4n) is 2.47. The van der Waals surface area contributed by atoms with Gasteiger partial charge >= 0.3 is 12.4 Å². The smallest absolute Gasteiger partial charge is 0.240 e. The summed E-state index contributed by atoms with van der Waals surface area (Å²) >= 11 is 0.832. The maximum atomic E-state index is 12.9. The van der Waals surface area contributed by atoms with E-state index < -0.39 is 23.5 Å². The predicted molar refractivity (Wildman–Crippen MR) is 95.0 cm³/mol. The van der Waals surface area contributed by atoms with Crippen LogP contribution in [0.1, 0.15) is 16.7 Å². The van der Waals surface area contributed by atoms with Gasteiger partial charge in [0.05, 0.1) is 22.4 Å². The summed E-state index contributed by atoms with van der Waals surface area (Å²) in [6.45, 7) is 0. The summed E-state index contributed by atoms with van der Waals surface area (Å²) in [5, 5.41) is 9.36. The zero-order valence-electron chi connectivity index (χ0n) is 14.3. The summed E-state index contributed by atoms with van der Waals surface area (Å²) in [6.07, 6.45) is -9.06. The Bertz CT molecular complexity index is 1080. The van der Waals surface area contributed by atoms with Crippen LogP contribution in [0.4, 0.5) is 26.3 Å². The Hall–Kier alpha value is -2.99. The van der Waals surface area contributed by atoms with Gasteiger partial charge in [-0.2, -0.15) is 31.6 Å². The van der Waals surface area contributed by atoms with E-state index in [-0.39, 0.29) is 26.7 Å². The van der Waals surface area contributed by atoms with E-state index in [0.717, 1.165) is 36.0 Å². The summed E-state index contributed by atoms with van der Waals surface area (Å²) < 4.78 is 77.5. The number of nitrogens with zero attached hydrogens (tertiary/aromatic N) is 2. The lowest BCUT2D eigenvalue weighted by Crippen LogP contribution is -2.05. The molecule has 1 aromatic heterocycles.